The minimum atomic E-state index is -0.717. The van der Waals surface area contributed by atoms with Gasteiger partial charge in [-0.2, -0.15) is 0 Å². The molecule has 3 rings (SSSR count). The molecule has 1 aliphatic carbocycles. The van der Waals surface area contributed by atoms with Crippen LogP contribution < -0.4 is 5.32 Å². The van der Waals surface area contributed by atoms with Gasteiger partial charge in [0.25, 0.3) is 0 Å². The number of rotatable bonds is 14. The van der Waals surface area contributed by atoms with E-state index < -0.39 is 5.97 Å². The predicted molar refractivity (Wildman–Crippen MR) is 144 cm³/mol. The lowest BCUT2D eigenvalue weighted by atomic mass is 9.88. The lowest BCUT2D eigenvalue weighted by Crippen LogP contribution is -2.43. The zero-order valence-corrected chi connectivity index (χ0v) is 22.4. The molecule has 0 radical (unpaired) electrons. The van der Waals surface area contributed by atoms with Gasteiger partial charge in [0.15, 0.2) is 0 Å². The number of fused-ring (bicyclic) bond motifs is 1. The van der Waals surface area contributed by atoms with E-state index in [9.17, 15) is 4.79 Å². The number of hydrogen-bond donors (Lipinski definition) is 2. The number of carboxylic acids is 1. The molecule has 0 bridgehead atoms. The highest BCUT2D eigenvalue weighted by molar-refractivity contribution is 5.66. The highest BCUT2D eigenvalue weighted by Crippen LogP contribution is 2.32. The second-order valence-corrected chi connectivity index (χ2v) is 11.3. The van der Waals surface area contributed by atoms with Crippen LogP contribution in [0.4, 0.5) is 0 Å². The number of ether oxygens (including phenoxy) is 1. The smallest absolute Gasteiger partial charge is 0.303 e. The van der Waals surface area contributed by atoms with Crippen LogP contribution in [0, 0.1) is 18.8 Å². The quantitative estimate of drug-likeness (QED) is 0.297. The number of hydrogen-bond acceptors (Lipinski definition) is 3. The highest BCUT2D eigenvalue weighted by atomic mass is 16.5. The van der Waals surface area contributed by atoms with Crippen molar-refractivity contribution in [3.63, 3.8) is 0 Å². The summed E-state index contributed by atoms with van der Waals surface area (Å²) in [5, 5.41) is 12.7. The Balaban J connectivity index is 1.44. The minimum absolute atomic E-state index is 0.0248. The molecule has 0 fully saturated rings. The van der Waals surface area contributed by atoms with E-state index in [0.717, 1.165) is 25.3 Å². The van der Waals surface area contributed by atoms with E-state index in [1.54, 1.807) is 0 Å². The molecule has 0 spiro atoms. The molecule has 0 aromatic heterocycles. The maximum atomic E-state index is 10.8. The van der Waals surface area contributed by atoms with Gasteiger partial charge in [-0.15, -0.1) is 0 Å². The molecular formula is C31H45NO3. The molecule has 4 heteroatoms. The van der Waals surface area contributed by atoms with Gasteiger partial charge in [-0.3, -0.25) is 4.79 Å². The first-order chi connectivity index (χ1) is 16.6. The van der Waals surface area contributed by atoms with Gasteiger partial charge < -0.3 is 15.2 Å². The number of unbranched alkanes of at least 4 members (excludes halogenated alkanes) is 1. The average Bonchev–Trinajstić information content (AvgIpc) is 3.21. The zero-order valence-electron chi connectivity index (χ0n) is 22.4. The first kappa shape index (κ1) is 27.4. The maximum absolute atomic E-state index is 10.8. The molecule has 2 aromatic rings. The Kier molecular flexibility index (Phi) is 9.94. The predicted octanol–water partition coefficient (Wildman–Crippen LogP) is 6.68. The van der Waals surface area contributed by atoms with E-state index in [-0.39, 0.29) is 18.1 Å². The molecule has 35 heavy (non-hydrogen) atoms. The summed E-state index contributed by atoms with van der Waals surface area (Å²) in [4.78, 5) is 10.8. The van der Waals surface area contributed by atoms with Gasteiger partial charge in [-0.1, -0.05) is 49.4 Å². The summed E-state index contributed by atoms with van der Waals surface area (Å²) in [6, 6.07) is 15.3. The number of carbonyl (C=O) groups is 1. The van der Waals surface area contributed by atoms with Crippen molar-refractivity contribution < 1.29 is 14.6 Å². The fourth-order valence-corrected chi connectivity index (χ4v) is 5.52. The third-order valence-electron chi connectivity index (χ3n) is 7.45. The SMILES string of the molecule is Cc1cccc(C(C)OCC(C)CNC(C)(C)CC2Cc3ccccc3C2)c1CCCCC(=O)O. The topological polar surface area (TPSA) is 58.6 Å². The average molecular weight is 480 g/mol. The molecule has 0 saturated carbocycles. The van der Waals surface area contributed by atoms with Crippen molar-refractivity contribution in [1.29, 1.82) is 0 Å². The van der Waals surface area contributed by atoms with Crippen LogP contribution in [0.3, 0.4) is 0 Å². The van der Waals surface area contributed by atoms with Crippen molar-refractivity contribution in [1.82, 2.24) is 5.32 Å². The van der Waals surface area contributed by atoms with Crippen molar-refractivity contribution >= 4 is 5.97 Å². The summed E-state index contributed by atoms with van der Waals surface area (Å²) in [6.07, 6.45) is 6.35. The van der Waals surface area contributed by atoms with Crippen LogP contribution in [-0.2, 0) is 28.8 Å². The maximum Gasteiger partial charge on any atom is 0.303 e. The molecule has 2 aromatic carbocycles. The van der Waals surface area contributed by atoms with Crippen molar-refractivity contribution in [2.24, 2.45) is 11.8 Å². The van der Waals surface area contributed by atoms with E-state index >= 15 is 0 Å². The third-order valence-corrected chi connectivity index (χ3v) is 7.45. The Bertz CT molecular complexity index is 942. The molecule has 2 N–H and O–H groups in total. The van der Waals surface area contributed by atoms with Gasteiger partial charge in [0.1, 0.15) is 0 Å². The van der Waals surface area contributed by atoms with Gasteiger partial charge in [-0.05, 0) is 106 Å². The van der Waals surface area contributed by atoms with E-state index in [2.05, 4.69) is 82.4 Å². The molecule has 2 atom stereocenters. The zero-order chi connectivity index (χ0) is 25.4. The monoisotopic (exact) mass is 479 g/mol. The fraction of sp³-hybridized carbons (Fsp3) is 0.581. The first-order valence-electron chi connectivity index (χ1n) is 13.4. The lowest BCUT2D eigenvalue weighted by molar-refractivity contribution is -0.137. The Morgan fingerprint density at radius 3 is 2.43 bits per heavy atom. The second-order valence-electron chi connectivity index (χ2n) is 11.3. The summed E-state index contributed by atoms with van der Waals surface area (Å²) in [5.41, 5.74) is 6.98. The van der Waals surface area contributed by atoms with Gasteiger partial charge in [0.2, 0.25) is 0 Å². The van der Waals surface area contributed by atoms with E-state index in [0.29, 0.717) is 18.9 Å². The molecule has 0 aliphatic heterocycles. The van der Waals surface area contributed by atoms with Crippen molar-refractivity contribution in [2.45, 2.75) is 91.2 Å². The van der Waals surface area contributed by atoms with Gasteiger partial charge in [0, 0.05) is 18.5 Å². The highest BCUT2D eigenvalue weighted by Gasteiger charge is 2.28. The molecular weight excluding hydrogens is 434 g/mol. The normalized spacial score (nSPS) is 15.7. The summed E-state index contributed by atoms with van der Waals surface area (Å²) < 4.78 is 6.34. The van der Waals surface area contributed by atoms with Gasteiger partial charge in [-0.25, -0.2) is 0 Å². The number of nitrogens with one attached hydrogen (secondary N) is 1. The summed E-state index contributed by atoms with van der Waals surface area (Å²) in [6.45, 7) is 12.8. The Labute approximate surface area is 212 Å². The summed E-state index contributed by atoms with van der Waals surface area (Å²) in [7, 11) is 0. The number of aryl methyl sites for hydroxylation is 1. The molecule has 192 valence electrons. The molecule has 2 unspecified atom stereocenters. The molecule has 4 nitrogen and oxygen atoms in total. The van der Waals surface area contributed by atoms with Crippen LogP contribution >= 0.6 is 0 Å². The molecule has 0 saturated heterocycles. The number of carboxylic acid groups (broad SMARTS) is 1. The first-order valence-corrected chi connectivity index (χ1v) is 13.4. The third kappa shape index (κ3) is 8.47. The van der Waals surface area contributed by atoms with Crippen LogP contribution in [0.2, 0.25) is 0 Å². The molecule has 0 heterocycles. The Morgan fingerprint density at radius 2 is 1.77 bits per heavy atom. The van der Waals surface area contributed by atoms with Gasteiger partial charge in [0.05, 0.1) is 12.7 Å². The fourth-order valence-electron chi connectivity index (χ4n) is 5.52. The van der Waals surface area contributed by atoms with Crippen LogP contribution in [-0.4, -0.2) is 29.8 Å². The molecule has 1 aliphatic rings. The van der Waals surface area contributed by atoms with Crippen molar-refractivity contribution in [3.05, 3.63) is 70.3 Å². The Hall–Kier alpha value is -2.17. The minimum Gasteiger partial charge on any atom is -0.481 e. The van der Waals surface area contributed by atoms with E-state index in [1.807, 2.05) is 0 Å². The number of aliphatic carboxylic acids is 1. The van der Waals surface area contributed by atoms with Crippen LogP contribution in [0.15, 0.2) is 42.5 Å². The lowest BCUT2D eigenvalue weighted by Gasteiger charge is -2.31. The summed E-state index contributed by atoms with van der Waals surface area (Å²) in [5.74, 6) is 0.420. The standard InChI is InChI=1S/C31H45NO3/c1-22(20-32-31(4,5)19-25-17-26-12-6-7-13-27(26)18-25)21-35-24(3)29-15-10-11-23(2)28(29)14-8-9-16-30(33)34/h6-7,10-13,15,22,24-25,32H,8-9,14,16-21H2,1-5H3,(H,33,34). The number of benzene rings is 2. The van der Waals surface area contributed by atoms with Crippen molar-refractivity contribution in [2.75, 3.05) is 13.2 Å². The second kappa shape index (κ2) is 12.7. The van der Waals surface area contributed by atoms with Crippen molar-refractivity contribution in [3.8, 4) is 0 Å². The molecule has 0 amide bonds. The van der Waals surface area contributed by atoms with Crippen LogP contribution in [0.25, 0.3) is 0 Å². The largest absolute Gasteiger partial charge is 0.481 e. The summed E-state index contributed by atoms with van der Waals surface area (Å²) >= 11 is 0. The van der Waals surface area contributed by atoms with Crippen LogP contribution in [0.1, 0.15) is 87.3 Å². The van der Waals surface area contributed by atoms with E-state index in [1.165, 1.54) is 47.1 Å². The van der Waals surface area contributed by atoms with Crippen LogP contribution in [0.5, 0.6) is 0 Å². The Morgan fingerprint density at radius 1 is 1.09 bits per heavy atom. The van der Waals surface area contributed by atoms with E-state index in [4.69, 9.17) is 9.84 Å². The van der Waals surface area contributed by atoms with Gasteiger partial charge >= 0.3 is 5.97 Å².